The molecule has 3 heteroatoms. The molecule has 0 aromatic rings. The average Bonchev–Trinajstić information content (AvgIpc) is 2.99. The van der Waals surface area contributed by atoms with E-state index in [2.05, 4.69) is 43.2 Å². The molecule has 1 heterocycles. The van der Waals surface area contributed by atoms with Gasteiger partial charge in [0.15, 0.2) is 0 Å². The molecule has 1 aliphatic rings. The lowest BCUT2D eigenvalue weighted by Gasteiger charge is -2.35. The van der Waals surface area contributed by atoms with Crippen LogP contribution >= 0.6 is 0 Å². The van der Waals surface area contributed by atoms with Crippen LogP contribution in [0, 0.1) is 5.92 Å². The number of rotatable bonds is 31. The van der Waals surface area contributed by atoms with Gasteiger partial charge in [0.2, 0.25) is 0 Å². The maximum absolute atomic E-state index is 4.16. The van der Waals surface area contributed by atoms with Gasteiger partial charge in [0.05, 0.1) is 0 Å². The van der Waals surface area contributed by atoms with Crippen molar-refractivity contribution in [2.24, 2.45) is 5.92 Å². The van der Waals surface area contributed by atoms with Crippen molar-refractivity contribution in [3.63, 3.8) is 0 Å². The maximum atomic E-state index is 4.16. The van der Waals surface area contributed by atoms with Crippen LogP contribution in [0.15, 0.2) is 0 Å². The van der Waals surface area contributed by atoms with E-state index in [-0.39, 0.29) is 0 Å². The normalized spacial score (nSPS) is 15.7. The summed E-state index contributed by atoms with van der Waals surface area (Å²) in [5.74, 6) is 0.904. The van der Waals surface area contributed by atoms with Gasteiger partial charge >= 0.3 is 0 Å². The number of nitrogens with one attached hydrogen (secondary N) is 2. The first-order valence-corrected chi connectivity index (χ1v) is 19.4. The molecular weight excluding hydrogens is 498 g/mol. The van der Waals surface area contributed by atoms with Crippen LogP contribution in [-0.4, -0.2) is 49.7 Å². The van der Waals surface area contributed by atoms with Crippen molar-refractivity contribution in [3.05, 3.63) is 0 Å². The molecule has 1 saturated heterocycles. The van der Waals surface area contributed by atoms with E-state index in [0.29, 0.717) is 0 Å². The highest BCUT2D eigenvalue weighted by Gasteiger charge is 2.21. The second kappa shape index (κ2) is 29.9. The molecule has 0 aromatic heterocycles. The van der Waals surface area contributed by atoms with E-state index in [1.54, 1.807) is 0 Å². The average molecular weight is 578 g/mol. The predicted octanol–water partition coefficient (Wildman–Crippen LogP) is 11.1. The molecule has 0 aliphatic carbocycles. The Morgan fingerprint density at radius 3 is 1.46 bits per heavy atom. The summed E-state index contributed by atoms with van der Waals surface area (Å²) in [7, 11) is 0. The van der Waals surface area contributed by atoms with Gasteiger partial charge in [-0.15, -0.1) is 0 Å². The van der Waals surface area contributed by atoms with Crippen LogP contribution in [0.1, 0.15) is 195 Å². The van der Waals surface area contributed by atoms with Gasteiger partial charge in [-0.25, -0.2) is 0 Å². The Balaban J connectivity index is 2.25. The SMILES string of the molecule is CCCCCCCC(CCCCCC)CNCCCN1CCC(NC(CCCCCCC)CCCCCCC)CC1. The first-order valence-electron chi connectivity index (χ1n) is 19.4. The number of nitrogens with zero attached hydrogens (tertiary/aromatic N) is 1. The van der Waals surface area contributed by atoms with Gasteiger partial charge in [0, 0.05) is 12.1 Å². The summed E-state index contributed by atoms with van der Waals surface area (Å²) < 4.78 is 0. The van der Waals surface area contributed by atoms with E-state index in [1.807, 2.05) is 0 Å². The molecule has 3 nitrogen and oxygen atoms in total. The fraction of sp³-hybridized carbons (Fsp3) is 1.00. The number of hydrogen-bond donors (Lipinski definition) is 2. The van der Waals surface area contributed by atoms with E-state index < -0.39 is 0 Å². The lowest BCUT2D eigenvalue weighted by molar-refractivity contribution is 0.184. The van der Waals surface area contributed by atoms with Gasteiger partial charge in [-0.3, -0.25) is 0 Å². The van der Waals surface area contributed by atoms with E-state index >= 15 is 0 Å². The minimum absolute atomic E-state index is 0.756. The number of piperidine rings is 1. The Hall–Kier alpha value is -0.120. The minimum Gasteiger partial charge on any atom is -0.316 e. The monoisotopic (exact) mass is 578 g/mol. The molecule has 2 N–H and O–H groups in total. The zero-order valence-electron chi connectivity index (χ0n) is 29.1. The molecule has 1 aliphatic heterocycles. The van der Waals surface area contributed by atoms with E-state index in [9.17, 15) is 0 Å². The highest BCUT2D eigenvalue weighted by atomic mass is 15.1. The summed E-state index contributed by atoms with van der Waals surface area (Å²) in [6, 6.07) is 1.52. The summed E-state index contributed by atoms with van der Waals surface area (Å²) in [5, 5.41) is 8.04. The minimum atomic E-state index is 0.756. The van der Waals surface area contributed by atoms with Crippen LogP contribution in [-0.2, 0) is 0 Å². The van der Waals surface area contributed by atoms with Crippen LogP contribution in [0.3, 0.4) is 0 Å². The third-order valence-corrected chi connectivity index (χ3v) is 9.81. The summed E-state index contributed by atoms with van der Waals surface area (Å²) in [5.41, 5.74) is 0. The number of likely N-dealkylation sites (tertiary alicyclic amines) is 1. The fourth-order valence-corrected chi connectivity index (χ4v) is 6.93. The van der Waals surface area contributed by atoms with E-state index in [4.69, 9.17) is 0 Å². The molecule has 1 rings (SSSR count). The third-order valence-electron chi connectivity index (χ3n) is 9.81. The topological polar surface area (TPSA) is 27.3 Å². The molecule has 0 spiro atoms. The molecule has 0 aromatic carbocycles. The van der Waals surface area contributed by atoms with Crippen molar-refractivity contribution in [1.82, 2.24) is 15.5 Å². The zero-order chi connectivity index (χ0) is 29.6. The Morgan fingerprint density at radius 1 is 0.537 bits per heavy atom. The lowest BCUT2D eigenvalue weighted by atomic mass is 9.94. The summed E-state index contributed by atoms with van der Waals surface area (Å²) >= 11 is 0. The molecule has 246 valence electrons. The second-order valence-corrected chi connectivity index (χ2v) is 13.9. The van der Waals surface area contributed by atoms with E-state index in [0.717, 1.165) is 18.0 Å². The molecule has 1 unspecified atom stereocenters. The Labute approximate surface area is 260 Å². The smallest absolute Gasteiger partial charge is 0.00940 e. The maximum Gasteiger partial charge on any atom is 0.00940 e. The van der Waals surface area contributed by atoms with Gasteiger partial charge in [0.25, 0.3) is 0 Å². The fourth-order valence-electron chi connectivity index (χ4n) is 6.93. The third kappa shape index (κ3) is 24.0. The van der Waals surface area contributed by atoms with Gasteiger partial charge in [0.1, 0.15) is 0 Å². The van der Waals surface area contributed by atoms with Crippen molar-refractivity contribution in [2.75, 3.05) is 32.7 Å². The molecule has 41 heavy (non-hydrogen) atoms. The largest absolute Gasteiger partial charge is 0.316 e. The molecule has 0 bridgehead atoms. The quantitative estimate of drug-likeness (QED) is 0.0802. The number of unbranched alkanes of at least 4 members (excludes halogenated alkanes) is 15. The summed E-state index contributed by atoms with van der Waals surface area (Å²) in [4.78, 5) is 2.75. The van der Waals surface area contributed by atoms with Gasteiger partial charge in [-0.2, -0.15) is 0 Å². The van der Waals surface area contributed by atoms with Crippen molar-refractivity contribution in [2.45, 2.75) is 207 Å². The van der Waals surface area contributed by atoms with Crippen LogP contribution in [0.4, 0.5) is 0 Å². The van der Waals surface area contributed by atoms with Crippen LogP contribution in [0.2, 0.25) is 0 Å². The Bertz CT molecular complexity index is 488. The predicted molar refractivity (Wildman–Crippen MR) is 186 cm³/mol. The lowest BCUT2D eigenvalue weighted by Crippen LogP contribution is -2.46. The van der Waals surface area contributed by atoms with E-state index in [1.165, 1.54) is 200 Å². The molecule has 1 fully saturated rings. The van der Waals surface area contributed by atoms with Crippen molar-refractivity contribution in [1.29, 1.82) is 0 Å². The summed E-state index contributed by atoms with van der Waals surface area (Å²) in [6.07, 6.45) is 36.6. The van der Waals surface area contributed by atoms with Crippen molar-refractivity contribution in [3.8, 4) is 0 Å². The van der Waals surface area contributed by atoms with Crippen LogP contribution in [0.25, 0.3) is 0 Å². The molecule has 1 atom stereocenters. The van der Waals surface area contributed by atoms with Crippen molar-refractivity contribution < 1.29 is 0 Å². The highest BCUT2D eigenvalue weighted by molar-refractivity contribution is 4.81. The first kappa shape index (κ1) is 38.9. The Kier molecular flexibility index (Phi) is 28.4. The van der Waals surface area contributed by atoms with Crippen LogP contribution in [0.5, 0.6) is 0 Å². The van der Waals surface area contributed by atoms with Gasteiger partial charge < -0.3 is 15.5 Å². The standard InChI is InChI=1S/C38H79N3/c1-5-9-13-17-21-26-36(25-20-16-12-8-4)35-39-31-24-32-41-33-29-38(30-34-41)40-37(27-22-18-14-10-6-2)28-23-19-15-11-7-3/h36-40H,5-35H2,1-4H3. The molecule has 0 amide bonds. The molecule has 0 radical (unpaired) electrons. The van der Waals surface area contributed by atoms with Crippen molar-refractivity contribution >= 4 is 0 Å². The van der Waals surface area contributed by atoms with Gasteiger partial charge in [-0.05, 0) is 83.6 Å². The highest BCUT2D eigenvalue weighted by Crippen LogP contribution is 2.19. The van der Waals surface area contributed by atoms with Gasteiger partial charge in [-0.1, -0.05) is 150 Å². The van der Waals surface area contributed by atoms with Crippen LogP contribution < -0.4 is 10.6 Å². The zero-order valence-corrected chi connectivity index (χ0v) is 29.1. The molecular formula is C38H79N3. The number of hydrogen-bond acceptors (Lipinski definition) is 3. The second-order valence-electron chi connectivity index (χ2n) is 13.9. The summed E-state index contributed by atoms with van der Waals surface area (Å²) in [6.45, 7) is 15.7. The Morgan fingerprint density at radius 2 is 0.976 bits per heavy atom. The molecule has 0 saturated carbocycles. The first-order chi connectivity index (χ1) is 20.2.